The van der Waals surface area contributed by atoms with Gasteiger partial charge in [-0.05, 0) is 18.6 Å². The van der Waals surface area contributed by atoms with E-state index in [9.17, 15) is 9.90 Å². The first-order valence-electron chi connectivity index (χ1n) is 5.77. The molecule has 2 aromatic rings. The molecule has 7 heteroatoms. The number of nitrogens with one attached hydrogen (secondary N) is 1. The van der Waals surface area contributed by atoms with E-state index in [1.807, 2.05) is 13.0 Å². The molecule has 0 spiro atoms. The summed E-state index contributed by atoms with van der Waals surface area (Å²) in [7, 11) is 0. The van der Waals surface area contributed by atoms with Crippen molar-refractivity contribution in [3.8, 4) is 0 Å². The lowest BCUT2D eigenvalue weighted by Gasteiger charge is -2.07. The van der Waals surface area contributed by atoms with E-state index in [4.69, 9.17) is 5.73 Å². The smallest absolute Gasteiger partial charge is 0.253 e. The van der Waals surface area contributed by atoms with Gasteiger partial charge >= 0.3 is 0 Å². The van der Waals surface area contributed by atoms with Gasteiger partial charge < -0.3 is 15.8 Å². The van der Waals surface area contributed by atoms with Crippen LogP contribution in [0.1, 0.15) is 25.1 Å². The second kappa shape index (κ2) is 5.85. The van der Waals surface area contributed by atoms with Crippen LogP contribution in [0.3, 0.4) is 0 Å². The Kier molecular flexibility index (Phi) is 4.18. The van der Waals surface area contributed by atoms with Crippen molar-refractivity contribution in [2.45, 2.75) is 29.5 Å². The Morgan fingerprint density at radius 2 is 2.32 bits per heavy atom. The minimum Gasteiger partial charge on any atom is -0.387 e. The lowest BCUT2D eigenvalue weighted by molar-refractivity contribution is 0.169. The topological polar surface area (TPSA) is 105 Å². The van der Waals surface area contributed by atoms with Crippen molar-refractivity contribution in [1.82, 2.24) is 15.0 Å². The lowest BCUT2D eigenvalue weighted by Crippen LogP contribution is -2.09. The zero-order chi connectivity index (χ0) is 13.8. The number of aliphatic hydroxyl groups excluding tert-OH is 1. The van der Waals surface area contributed by atoms with Crippen LogP contribution in [-0.4, -0.2) is 20.1 Å². The third-order valence-electron chi connectivity index (χ3n) is 2.44. The van der Waals surface area contributed by atoms with Crippen molar-refractivity contribution in [2.75, 3.05) is 5.73 Å². The van der Waals surface area contributed by atoms with E-state index < -0.39 is 6.10 Å². The summed E-state index contributed by atoms with van der Waals surface area (Å²) in [5.74, 6) is 0.178. The minimum absolute atomic E-state index is 0.178. The number of H-pyrrole nitrogens is 1. The molecular weight excluding hydrogens is 264 g/mol. The number of hydrogen-bond acceptors (Lipinski definition) is 6. The van der Waals surface area contributed by atoms with Gasteiger partial charge in [-0.3, -0.25) is 9.78 Å². The molecule has 2 rings (SSSR count). The van der Waals surface area contributed by atoms with E-state index in [-0.39, 0.29) is 11.4 Å². The van der Waals surface area contributed by atoms with Gasteiger partial charge in [-0.15, -0.1) is 0 Å². The molecule has 0 aliphatic rings. The van der Waals surface area contributed by atoms with Crippen molar-refractivity contribution in [3.63, 3.8) is 0 Å². The van der Waals surface area contributed by atoms with Crippen LogP contribution in [0.4, 0.5) is 5.82 Å². The van der Waals surface area contributed by atoms with Gasteiger partial charge in [0.15, 0.2) is 5.16 Å². The normalized spacial score (nSPS) is 12.3. The Bertz CT molecular complexity index is 612. The maximum atomic E-state index is 11.2. The predicted molar refractivity (Wildman–Crippen MR) is 72.9 cm³/mol. The number of aromatic nitrogens is 3. The van der Waals surface area contributed by atoms with Crippen LogP contribution in [0.25, 0.3) is 0 Å². The Morgan fingerprint density at radius 1 is 1.53 bits per heavy atom. The molecule has 0 radical (unpaired) electrons. The highest BCUT2D eigenvalue weighted by Gasteiger charge is 2.07. The van der Waals surface area contributed by atoms with Gasteiger partial charge in [0.25, 0.3) is 5.56 Å². The molecule has 0 amide bonds. The summed E-state index contributed by atoms with van der Waals surface area (Å²) in [5, 5.41) is 10.0. The summed E-state index contributed by atoms with van der Waals surface area (Å²) in [6, 6.07) is 4.79. The van der Waals surface area contributed by atoms with E-state index in [0.29, 0.717) is 17.3 Å². The van der Waals surface area contributed by atoms with Crippen LogP contribution in [0, 0.1) is 0 Å². The van der Waals surface area contributed by atoms with Crippen molar-refractivity contribution in [2.24, 2.45) is 0 Å². The zero-order valence-corrected chi connectivity index (χ0v) is 11.1. The molecule has 2 aromatic heterocycles. The summed E-state index contributed by atoms with van der Waals surface area (Å²) in [4.78, 5) is 22.8. The van der Waals surface area contributed by atoms with Crippen LogP contribution < -0.4 is 11.3 Å². The van der Waals surface area contributed by atoms with Gasteiger partial charge in [0.05, 0.1) is 11.8 Å². The fourth-order valence-corrected chi connectivity index (χ4v) is 2.24. The Hall–Kier alpha value is -1.86. The SMILES string of the molecule is CCC(O)c1ccc(Sc2nc(N)cc(=O)[nH]2)cn1. The Labute approximate surface area is 114 Å². The lowest BCUT2D eigenvalue weighted by atomic mass is 10.2. The first kappa shape index (κ1) is 13.6. The molecule has 0 saturated heterocycles. The average Bonchev–Trinajstić information content (AvgIpc) is 2.37. The number of rotatable bonds is 4. The standard InChI is InChI=1S/C12H14N4O2S/c1-2-9(17)8-4-3-7(6-14-8)19-12-15-10(13)5-11(18)16-12/h3-6,9,17H,2H2,1H3,(H3,13,15,16,18). The summed E-state index contributed by atoms with van der Waals surface area (Å²) in [6.45, 7) is 1.89. The van der Waals surface area contributed by atoms with Gasteiger partial charge in [-0.1, -0.05) is 18.7 Å². The molecule has 1 atom stereocenters. The molecule has 19 heavy (non-hydrogen) atoms. The van der Waals surface area contributed by atoms with Gasteiger partial charge in [-0.25, -0.2) is 4.98 Å². The third-order valence-corrected chi connectivity index (χ3v) is 3.31. The number of aliphatic hydroxyl groups is 1. The molecule has 0 aliphatic heterocycles. The fraction of sp³-hybridized carbons (Fsp3) is 0.250. The second-order valence-electron chi connectivity index (χ2n) is 3.92. The second-order valence-corrected chi connectivity index (χ2v) is 4.98. The number of pyridine rings is 1. The van der Waals surface area contributed by atoms with Gasteiger partial charge in [0.1, 0.15) is 5.82 Å². The molecule has 2 heterocycles. The van der Waals surface area contributed by atoms with E-state index in [1.165, 1.54) is 17.8 Å². The van der Waals surface area contributed by atoms with Crippen molar-refractivity contribution in [3.05, 3.63) is 40.4 Å². The summed E-state index contributed by atoms with van der Waals surface area (Å²) in [6.07, 6.45) is 1.69. The number of anilines is 1. The predicted octanol–water partition coefficient (Wildman–Crippen LogP) is 1.34. The summed E-state index contributed by atoms with van der Waals surface area (Å²) < 4.78 is 0. The van der Waals surface area contributed by atoms with Gasteiger partial charge in [0.2, 0.25) is 0 Å². The molecule has 0 fully saturated rings. The number of hydrogen-bond donors (Lipinski definition) is 3. The maximum Gasteiger partial charge on any atom is 0.253 e. The quantitative estimate of drug-likeness (QED) is 0.729. The number of nitrogens with zero attached hydrogens (tertiary/aromatic N) is 2. The van der Waals surface area contributed by atoms with Crippen LogP contribution in [-0.2, 0) is 0 Å². The number of aromatic amines is 1. The van der Waals surface area contributed by atoms with Crippen LogP contribution in [0.2, 0.25) is 0 Å². The highest BCUT2D eigenvalue weighted by Crippen LogP contribution is 2.24. The average molecular weight is 278 g/mol. The van der Waals surface area contributed by atoms with Crippen LogP contribution in [0.5, 0.6) is 0 Å². The summed E-state index contributed by atoms with van der Waals surface area (Å²) in [5.41, 5.74) is 5.84. The molecule has 100 valence electrons. The fourth-order valence-electron chi connectivity index (χ4n) is 1.47. The van der Waals surface area contributed by atoms with Crippen molar-refractivity contribution in [1.29, 1.82) is 0 Å². The van der Waals surface area contributed by atoms with Crippen molar-refractivity contribution < 1.29 is 5.11 Å². The van der Waals surface area contributed by atoms with Crippen LogP contribution in [0.15, 0.2) is 39.2 Å². The van der Waals surface area contributed by atoms with Gasteiger partial charge in [0, 0.05) is 17.2 Å². The molecule has 0 saturated carbocycles. The Balaban J connectivity index is 2.17. The first-order valence-corrected chi connectivity index (χ1v) is 6.59. The molecule has 0 bridgehead atoms. The van der Waals surface area contributed by atoms with Crippen molar-refractivity contribution >= 4 is 17.6 Å². The highest BCUT2D eigenvalue weighted by atomic mass is 32.2. The van der Waals surface area contributed by atoms with E-state index in [0.717, 1.165) is 4.90 Å². The van der Waals surface area contributed by atoms with Crippen LogP contribution >= 0.6 is 11.8 Å². The third kappa shape index (κ3) is 3.55. The zero-order valence-electron chi connectivity index (χ0n) is 10.3. The molecule has 1 unspecified atom stereocenters. The monoisotopic (exact) mass is 278 g/mol. The molecule has 6 nitrogen and oxygen atoms in total. The Morgan fingerprint density at radius 3 is 2.89 bits per heavy atom. The van der Waals surface area contributed by atoms with E-state index >= 15 is 0 Å². The van der Waals surface area contributed by atoms with E-state index in [1.54, 1.807) is 12.3 Å². The first-order chi connectivity index (χ1) is 9.08. The number of nitrogen functional groups attached to an aromatic ring is 1. The maximum absolute atomic E-state index is 11.2. The van der Waals surface area contributed by atoms with Gasteiger partial charge in [-0.2, -0.15) is 0 Å². The van der Waals surface area contributed by atoms with E-state index in [2.05, 4.69) is 15.0 Å². The summed E-state index contributed by atoms with van der Waals surface area (Å²) >= 11 is 1.25. The number of nitrogens with two attached hydrogens (primary N) is 1. The highest BCUT2D eigenvalue weighted by molar-refractivity contribution is 7.99. The molecule has 0 aliphatic carbocycles. The largest absolute Gasteiger partial charge is 0.387 e. The molecule has 4 N–H and O–H groups in total. The molecular formula is C12H14N4O2S. The molecule has 0 aromatic carbocycles. The minimum atomic E-state index is -0.552.